The van der Waals surface area contributed by atoms with Crippen molar-refractivity contribution >= 4 is 21.4 Å². The van der Waals surface area contributed by atoms with Crippen molar-refractivity contribution in [2.75, 3.05) is 10.5 Å². The molecule has 0 spiro atoms. The summed E-state index contributed by atoms with van der Waals surface area (Å²) in [6, 6.07) is 14.1. The Morgan fingerprint density at radius 3 is 2.37 bits per heavy atom. The SMILES string of the molecule is N#Cc1ccc(S(=O)(=O)Nc2cccc(N)c2)cc1. The molecular formula is C13H11N3O2S. The van der Waals surface area contributed by atoms with E-state index in [1.54, 1.807) is 18.2 Å². The van der Waals surface area contributed by atoms with E-state index in [0.717, 1.165) is 0 Å². The number of anilines is 2. The first kappa shape index (κ1) is 12.9. The highest BCUT2D eigenvalue weighted by Gasteiger charge is 2.13. The maximum absolute atomic E-state index is 12.1. The second-order valence-electron chi connectivity index (χ2n) is 3.87. The molecule has 0 aliphatic rings. The van der Waals surface area contributed by atoms with Crippen LogP contribution >= 0.6 is 0 Å². The molecule has 19 heavy (non-hydrogen) atoms. The molecule has 0 saturated heterocycles. The minimum absolute atomic E-state index is 0.0916. The number of benzene rings is 2. The van der Waals surface area contributed by atoms with Gasteiger partial charge in [-0.2, -0.15) is 5.26 Å². The Morgan fingerprint density at radius 1 is 1.11 bits per heavy atom. The standard InChI is InChI=1S/C13H11N3O2S/c14-9-10-4-6-13(7-5-10)19(17,18)16-12-3-1-2-11(15)8-12/h1-8,16H,15H2. The van der Waals surface area contributed by atoms with Gasteiger partial charge >= 0.3 is 0 Å². The molecule has 5 nitrogen and oxygen atoms in total. The lowest BCUT2D eigenvalue weighted by Crippen LogP contribution is -2.12. The molecule has 0 amide bonds. The molecule has 2 rings (SSSR count). The van der Waals surface area contributed by atoms with Crippen LogP contribution in [0, 0.1) is 11.3 Å². The van der Waals surface area contributed by atoms with E-state index in [-0.39, 0.29) is 4.90 Å². The summed E-state index contributed by atoms with van der Waals surface area (Å²) in [5.41, 5.74) is 6.85. The summed E-state index contributed by atoms with van der Waals surface area (Å²) >= 11 is 0. The van der Waals surface area contributed by atoms with Crippen LogP contribution in [-0.4, -0.2) is 8.42 Å². The quantitative estimate of drug-likeness (QED) is 0.835. The lowest BCUT2D eigenvalue weighted by molar-refractivity contribution is 0.601. The fraction of sp³-hybridized carbons (Fsp3) is 0. The number of nitrogen functional groups attached to an aromatic ring is 1. The van der Waals surface area contributed by atoms with Crippen molar-refractivity contribution in [3.8, 4) is 6.07 Å². The number of nitrogens with two attached hydrogens (primary N) is 1. The second kappa shape index (κ2) is 5.00. The molecule has 0 aromatic heterocycles. The normalized spacial score (nSPS) is 10.7. The van der Waals surface area contributed by atoms with Crippen molar-refractivity contribution in [3.63, 3.8) is 0 Å². The van der Waals surface area contributed by atoms with Crippen LogP contribution in [0.2, 0.25) is 0 Å². The molecule has 2 aromatic rings. The van der Waals surface area contributed by atoms with Crippen LogP contribution in [0.15, 0.2) is 53.4 Å². The first-order valence-corrected chi connectivity index (χ1v) is 6.88. The van der Waals surface area contributed by atoms with E-state index in [0.29, 0.717) is 16.9 Å². The van der Waals surface area contributed by atoms with Crippen LogP contribution in [0.3, 0.4) is 0 Å². The summed E-state index contributed by atoms with van der Waals surface area (Å²) < 4.78 is 26.6. The summed E-state index contributed by atoms with van der Waals surface area (Å²) in [5, 5.41) is 8.67. The van der Waals surface area contributed by atoms with Gasteiger partial charge in [-0.05, 0) is 42.5 Å². The summed E-state index contributed by atoms with van der Waals surface area (Å²) in [5.74, 6) is 0. The lowest BCUT2D eigenvalue weighted by Gasteiger charge is -2.08. The molecule has 0 fully saturated rings. The van der Waals surface area contributed by atoms with Crippen molar-refractivity contribution in [3.05, 3.63) is 54.1 Å². The first-order valence-electron chi connectivity index (χ1n) is 5.40. The van der Waals surface area contributed by atoms with Crippen LogP contribution in [-0.2, 0) is 10.0 Å². The van der Waals surface area contributed by atoms with E-state index in [4.69, 9.17) is 11.0 Å². The predicted octanol–water partition coefficient (Wildman–Crippen LogP) is 1.94. The minimum atomic E-state index is -3.67. The van der Waals surface area contributed by atoms with Gasteiger partial charge in [-0.1, -0.05) is 6.07 Å². The summed E-state index contributed by atoms with van der Waals surface area (Å²) in [7, 11) is -3.67. The molecule has 2 aromatic carbocycles. The average Bonchev–Trinajstić information content (AvgIpc) is 2.38. The molecule has 96 valence electrons. The number of hydrogen-bond donors (Lipinski definition) is 2. The Kier molecular flexibility index (Phi) is 3.40. The monoisotopic (exact) mass is 273 g/mol. The molecule has 0 bridgehead atoms. The van der Waals surface area contributed by atoms with E-state index in [1.165, 1.54) is 30.3 Å². The van der Waals surface area contributed by atoms with Crippen molar-refractivity contribution < 1.29 is 8.42 Å². The van der Waals surface area contributed by atoms with Gasteiger partial charge in [0.05, 0.1) is 22.2 Å². The molecular weight excluding hydrogens is 262 g/mol. The van der Waals surface area contributed by atoms with Crippen LogP contribution in [0.5, 0.6) is 0 Å². The minimum Gasteiger partial charge on any atom is -0.399 e. The van der Waals surface area contributed by atoms with Gasteiger partial charge in [0, 0.05) is 5.69 Å². The van der Waals surface area contributed by atoms with Crippen LogP contribution in [0.4, 0.5) is 11.4 Å². The molecule has 3 N–H and O–H groups in total. The van der Waals surface area contributed by atoms with E-state index >= 15 is 0 Å². The number of nitrogens with zero attached hydrogens (tertiary/aromatic N) is 1. The fourth-order valence-electron chi connectivity index (χ4n) is 1.52. The van der Waals surface area contributed by atoms with Crippen molar-refractivity contribution in [1.29, 1.82) is 5.26 Å². The van der Waals surface area contributed by atoms with Crippen molar-refractivity contribution in [2.24, 2.45) is 0 Å². The van der Waals surface area contributed by atoms with E-state index < -0.39 is 10.0 Å². The fourth-order valence-corrected chi connectivity index (χ4v) is 2.57. The Labute approximate surface area is 111 Å². The third-order valence-electron chi connectivity index (χ3n) is 2.43. The highest BCUT2D eigenvalue weighted by atomic mass is 32.2. The molecule has 6 heteroatoms. The van der Waals surface area contributed by atoms with Crippen LogP contribution < -0.4 is 10.5 Å². The van der Waals surface area contributed by atoms with Gasteiger partial charge in [-0.3, -0.25) is 4.72 Å². The summed E-state index contributed by atoms with van der Waals surface area (Å²) in [6.07, 6.45) is 0. The molecule has 0 radical (unpaired) electrons. The molecule has 0 aliphatic heterocycles. The number of rotatable bonds is 3. The highest BCUT2D eigenvalue weighted by molar-refractivity contribution is 7.92. The van der Waals surface area contributed by atoms with Crippen molar-refractivity contribution in [1.82, 2.24) is 0 Å². The second-order valence-corrected chi connectivity index (χ2v) is 5.55. The smallest absolute Gasteiger partial charge is 0.261 e. The number of sulfonamides is 1. The first-order chi connectivity index (χ1) is 9.01. The highest BCUT2D eigenvalue weighted by Crippen LogP contribution is 2.18. The van der Waals surface area contributed by atoms with Gasteiger partial charge in [-0.25, -0.2) is 8.42 Å². The van der Waals surface area contributed by atoms with Gasteiger partial charge in [0.15, 0.2) is 0 Å². The summed E-state index contributed by atoms with van der Waals surface area (Å²) in [4.78, 5) is 0.0916. The Bertz CT molecular complexity index is 731. The Morgan fingerprint density at radius 2 is 1.79 bits per heavy atom. The van der Waals surface area contributed by atoms with Crippen molar-refractivity contribution in [2.45, 2.75) is 4.90 Å². The maximum Gasteiger partial charge on any atom is 0.261 e. The predicted molar refractivity (Wildman–Crippen MR) is 72.8 cm³/mol. The Hall–Kier alpha value is -2.52. The zero-order valence-electron chi connectivity index (χ0n) is 9.87. The third-order valence-corrected chi connectivity index (χ3v) is 3.83. The van der Waals surface area contributed by atoms with E-state index in [9.17, 15) is 8.42 Å². The topological polar surface area (TPSA) is 96.0 Å². The van der Waals surface area contributed by atoms with Crippen LogP contribution in [0.1, 0.15) is 5.56 Å². The zero-order chi connectivity index (χ0) is 13.9. The maximum atomic E-state index is 12.1. The Balaban J connectivity index is 2.30. The van der Waals surface area contributed by atoms with Gasteiger partial charge < -0.3 is 5.73 Å². The van der Waals surface area contributed by atoms with E-state index in [2.05, 4.69) is 4.72 Å². The van der Waals surface area contributed by atoms with E-state index in [1.807, 2.05) is 6.07 Å². The number of nitrogens with one attached hydrogen (secondary N) is 1. The molecule has 0 aliphatic carbocycles. The van der Waals surface area contributed by atoms with Gasteiger partial charge in [0.2, 0.25) is 0 Å². The van der Waals surface area contributed by atoms with Gasteiger partial charge in [0.1, 0.15) is 0 Å². The molecule has 0 saturated carbocycles. The molecule has 0 atom stereocenters. The number of nitriles is 1. The molecule has 0 unspecified atom stereocenters. The molecule has 0 heterocycles. The van der Waals surface area contributed by atoms with Crippen LogP contribution in [0.25, 0.3) is 0 Å². The van der Waals surface area contributed by atoms with Gasteiger partial charge in [0.25, 0.3) is 10.0 Å². The zero-order valence-corrected chi connectivity index (χ0v) is 10.7. The van der Waals surface area contributed by atoms with Gasteiger partial charge in [-0.15, -0.1) is 0 Å². The lowest BCUT2D eigenvalue weighted by atomic mass is 10.2. The summed E-state index contributed by atoms with van der Waals surface area (Å²) in [6.45, 7) is 0. The average molecular weight is 273 g/mol. The number of hydrogen-bond acceptors (Lipinski definition) is 4. The third kappa shape index (κ3) is 3.03. The largest absolute Gasteiger partial charge is 0.399 e.